The van der Waals surface area contributed by atoms with Crippen molar-refractivity contribution in [2.45, 2.75) is 32.9 Å². The molecule has 0 atom stereocenters. The molecule has 112 valence electrons. The van der Waals surface area contributed by atoms with Gasteiger partial charge in [0.2, 0.25) is 5.91 Å². The van der Waals surface area contributed by atoms with Crippen molar-refractivity contribution in [2.75, 3.05) is 5.32 Å². The van der Waals surface area contributed by atoms with Crippen LogP contribution in [0.5, 0.6) is 5.75 Å². The van der Waals surface area contributed by atoms with Crippen LogP contribution in [0.1, 0.15) is 36.0 Å². The highest BCUT2D eigenvalue weighted by atomic mass is 32.1. The molecule has 0 radical (unpaired) electrons. The van der Waals surface area contributed by atoms with Crippen LogP contribution in [0.15, 0.2) is 29.9 Å². The maximum Gasteiger partial charge on any atom is 0.249 e. The highest BCUT2D eigenvalue weighted by Gasteiger charge is 2.14. The molecule has 6 heteroatoms. The topological polar surface area (TPSA) is 77.2 Å². The second-order valence-corrected chi connectivity index (χ2v) is 6.60. The van der Waals surface area contributed by atoms with Crippen LogP contribution in [0.2, 0.25) is 0 Å². The SMILES string of the molecule is CC(C)(C)Oc1ccncc1NCc1cc(C(N)=O)cs1. The normalized spacial score (nSPS) is 11.2. The summed E-state index contributed by atoms with van der Waals surface area (Å²) >= 11 is 1.49. The van der Waals surface area contributed by atoms with Crippen molar-refractivity contribution in [3.63, 3.8) is 0 Å². The van der Waals surface area contributed by atoms with Gasteiger partial charge >= 0.3 is 0 Å². The summed E-state index contributed by atoms with van der Waals surface area (Å²) in [5, 5.41) is 5.03. The van der Waals surface area contributed by atoms with E-state index >= 15 is 0 Å². The van der Waals surface area contributed by atoms with Crippen LogP contribution in [0, 0.1) is 0 Å². The fourth-order valence-corrected chi connectivity index (χ4v) is 2.53. The maximum atomic E-state index is 11.1. The summed E-state index contributed by atoms with van der Waals surface area (Å²) in [5.41, 5.74) is 6.32. The van der Waals surface area contributed by atoms with Gasteiger partial charge in [-0.25, -0.2) is 0 Å². The monoisotopic (exact) mass is 305 g/mol. The van der Waals surface area contributed by atoms with Crippen LogP contribution in [-0.4, -0.2) is 16.5 Å². The molecule has 0 bridgehead atoms. The van der Waals surface area contributed by atoms with E-state index in [0.717, 1.165) is 16.3 Å². The van der Waals surface area contributed by atoms with Gasteiger partial charge in [0.15, 0.2) is 0 Å². The second-order valence-electron chi connectivity index (χ2n) is 5.61. The zero-order valence-electron chi connectivity index (χ0n) is 12.3. The molecule has 2 rings (SSSR count). The van der Waals surface area contributed by atoms with Gasteiger partial charge in [0.25, 0.3) is 0 Å². The van der Waals surface area contributed by atoms with Gasteiger partial charge in [-0.3, -0.25) is 9.78 Å². The van der Waals surface area contributed by atoms with Gasteiger partial charge in [-0.2, -0.15) is 0 Å². The number of aromatic nitrogens is 1. The van der Waals surface area contributed by atoms with Gasteiger partial charge in [0.1, 0.15) is 11.4 Å². The predicted molar refractivity (Wildman–Crippen MR) is 84.8 cm³/mol. The molecule has 0 saturated heterocycles. The fourth-order valence-electron chi connectivity index (χ4n) is 1.72. The molecular formula is C15H19N3O2S. The van der Waals surface area contributed by atoms with Gasteiger partial charge in [0.05, 0.1) is 17.4 Å². The molecule has 3 N–H and O–H groups in total. The van der Waals surface area contributed by atoms with Crippen LogP contribution in [-0.2, 0) is 6.54 Å². The first-order chi connectivity index (χ1) is 9.85. The van der Waals surface area contributed by atoms with E-state index in [-0.39, 0.29) is 5.60 Å². The van der Waals surface area contributed by atoms with Crippen LogP contribution >= 0.6 is 11.3 Å². The second kappa shape index (κ2) is 6.13. The summed E-state index contributed by atoms with van der Waals surface area (Å²) in [7, 11) is 0. The van der Waals surface area contributed by atoms with Crippen molar-refractivity contribution < 1.29 is 9.53 Å². The van der Waals surface area contributed by atoms with Crippen molar-refractivity contribution in [3.8, 4) is 5.75 Å². The molecule has 0 aliphatic carbocycles. The summed E-state index contributed by atoms with van der Waals surface area (Å²) < 4.78 is 5.89. The third kappa shape index (κ3) is 4.46. The van der Waals surface area contributed by atoms with Crippen LogP contribution in [0.3, 0.4) is 0 Å². The Morgan fingerprint density at radius 2 is 2.24 bits per heavy atom. The number of nitrogens with one attached hydrogen (secondary N) is 1. The van der Waals surface area contributed by atoms with Crippen molar-refractivity contribution in [1.82, 2.24) is 4.98 Å². The summed E-state index contributed by atoms with van der Waals surface area (Å²) in [5.74, 6) is 0.347. The van der Waals surface area contributed by atoms with Crippen molar-refractivity contribution >= 4 is 22.9 Å². The van der Waals surface area contributed by atoms with Gasteiger partial charge in [-0.05, 0) is 26.8 Å². The highest BCUT2D eigenvalue weighted by Crippen LogP contribution is 2.27. The molecular weight excluding hydrogens is 286 g/mol. The number of primary amides is 1. The summed E-state index contributed by atoms with van der Waals surface area (Å²) in [6, 6.07) is 3.62. The smallest absolute Gasteiger partial charge is 0.249 e. The number of nitrogens with zero attached hydrogens (tertiary/aromatic N) is 1. The molecule has 0 spiro atoms. The number of carbonyl (C=O) groups is 1. The Kier molecular flexibility index (Phi) is 4.47. The Balaban J connectivity index is 2.07. The molecule has 0 aliphatic heterocycles. The number of ether oxygens (including phenoxy) is 1. The fraction of sp³-hybridized carbons (Fsp3) is 0.333. The third-order valence-electron chi connectivity index (χ3n) is 2.59. The third-order valence-corrected chi connectivity index (χ3v) is 3.53. The Hall–Kier alpha value is -2.08. The highest BCUT2D eigenvalue weighted by molar-refractivity contribution is 7.10. The Morgan fingerprint density at radius 3 is 2.86 bits per heavy atom. The van der Waals surface area contributed by atoms with Crippen molar-refractivity contribution in [1.29, 1.82) is 0 Å². The Bertz CT molecular complexity index is 632. The number of carbonyl (C=O) groups excluding carboxylic acids is 1. The predicted octanol–water partition coefficient (Wildman–Crippen LogP) is 3.03. The van der Waals surface area contributed by atoms with Gasteiger partial charge in [-0.15, -0.1) is 11.3 Å². The van der Waals surface area contributed by atoms with Crippen LogP contribution in [0.25, 0.3) is 0 Å². The van der Waals surface area contributed by atoms with E-state index in [1.807, 2.05) is 26.8 Å². The molecule has 0 unspecified atom stereocenters. The molecule has 2 aromatic heterocycles. The van der Waals surface area contributed by atoms with E-state index in [2.05, 4.69) is 10.3 Å². The largest absolute Gasteiger partial charge is 0.486 e. The van der Waals surface area contributed by atoms with Crippen LogP contribution < -0.4 is 15.8 Å². The summed E-state index contributed by atoms with van der Waals surface area (Å²) in [4.78, 5) is 16.2. The van der Waals surface area contributed by atoms with Gasteiger partial charge < -0.3 is 15.8 Å². The van der Waals surface area contributed by atoms with Gasteiger partial charge in [-0.1, -0.05) is 0 Å². The first-order valence-corrected chi connectivity index (χ1v) is 7.47. The molecule has 2 heterocycles. The molecule has 0 aromatic carbocycles. The van der Waals surface area contributed by atoms with E-state index < -0.39 is 5.91 Å². The number of anilines is 1. The minimum Gasteiger partial charge on any atom is -0.486 e. The lowest BCUT2D eigenvalue weighted by molar-refractivity contribution is 0.100. The Labute approximate surface area is 128 Å². The summed E-state index contributed by atoms with van der Waals surface area (Å²) in [6.07, 6.45) is 3.42. The number of nitrogens with two attached hydrogens (primary N) is 1. The van der Waals surface area contributed by atoms with E-state index in [4.69, 9.17) is 10.5 Å². The van der Waals surface area contributed by atoms with Gasteiger partial charge in [0, 0.05) is 29.1 Å². The average molecular weight is 305 g/mol. The lowest BCUT2D eigenvalue weighted by Gasteiger charge is -2.23. The van der Waals surface area contributed by atoms with E-state index in [0.29, 0.717) is 12.1 Å². The molecule has 2 aromatic rings. The first kappa shape index (κ1) is 15.3. The molecule has 0 aliphatic rings. The molecule has 21 heavy (non-hydrogen) atoms. The number of pyridine rings is 1. The lowest BCUT2D eigenvalue weighted by Crippen LogP contribution is -2.23. The molecule has 0 fully saturated rings. The number of hydrogen-bond donors (Lipinski definition) is 2. The number of amides is 1. The number of hydrogen-bond acceptors (Lipinski definition) is 5. The minimum atomic E-state index is -0.407. The average Bonchev–Trinajstić information content (AvgIpc) is 2.85. The van der Waals surface area contributed by atoms with Crippen molar-refractivity contribution in [2.24, 2.45) is 5.73 Å². The molecule has 1 amide bonds. The van der Waals surface area contributed by atoms with E-state index in [1.165, 1.54) is 11.3 Å². The summed E-state index contributed by atoms with van der Waals surface area (Å²) in [6.45, 7) is 6.57. The quantitative estimate of drug-likeness (QED) is 0.890. The number of thiophene rings is 1. The van der Waals surface area contributed by atoms with E-state index in [1.54, 1.807) is 23.8 Å². The number of rotatable bonds is 5. The molecule has 5 nitrogen and oxygen atoms in total. The maximum absolute atomic E-state index is 11.1. The van der Waals surface area contributed by atoms with E-state index in [9.17, 15) is 4.79 Å². The standard InChI is InChI=1S/C15H19N3O2S/c1-15(2,3)20-13-4-5-17-8-12(13)18-7-11-6-10(9-21-11)14(16)19/h4-6,8-9,18H,7H2,1-3H3,(H2,16,19). The van der Waals surface area contributed by atoms with Crippen LogP contribution in [0.4, 0.5) is 5.69 Å². The minimum absolute atomic E-state index is 0.278. The Morgan fingerprint density at radius 1 is 1.48 bits per heavy atom. The first-order valence-electron chi connectivity index (χ1n) is 6.59. The lowest BCUT2D eigenvalue weighted by atomic mass is 10.2. The van der Waals surface area contributed by atoms with Crippen molar-refractivity contribution in [3.05, 3.63) is 40.3 Å². The molecule has 0 saturated carbocycles. The zero-order valence-corrected chi connectivity index (χ0v) is 13.2. The zero-order chi connectivity index (χ0) is 15.5.